The van der Waals surface area contributed by atoms with Crippen molar-refractivity contribution >= 4 is 17.5 Å². The molecule has 3 rings (SSSR count). The highest BCUT2D eigenvalue weighted by atomic mass is 35.5. The molecule has 1 amide bonds. The van der Waals surface area contributed by atoms with Gasteiger partial charge >= 0.3 is 18.0 Å². The first-order valence-corrected chi connectivity index (χ1v) is 7.75. The first-order chi connectivity index (χ1) is 12.3. The number of hydrogen-bond donors (Lipinski definition) is 1. The van der Waals surface area contributed by atoms with E-state index in [9.17, 15) is 18.0 Å². The van der Waals surface area contributed by atoms with E-state index in [1.165, 1.54) is 12.1 Å². The van der Waals surface area contributed by atoms with Gasteiger partial charge in [-0.15, -0.1) is 0 Å². The molecule has 0 unspecified atom stereocenters. The molecule has 0 atom stereocenters. The van der Waals surface area contributed by atoms with Gasteiger partial charge in [-0.3, -0.25) is 4.79 Å². The van der Waals surface area contributed by atoms with Gasteiger partial charge in [0, 0.05) is 17.1 Å². The number of rotatable bonds is 4. The Kier molecular flexibility index (Phi) is 4.94. The fourth-order valence-electron chi connectivity index (χ4n) is 2.13. The molecule has 1 heterocycles. The summed E-state index contributed by atoms with van der Waals surface area (Å²) in [5, 5.41) is 6.70. The molecular weight excluding hydrogens is 371 g/mol. The summed E-state index contributed by atoms with van der Waals surface area (Å²) >= 11 is 6.00. The van der Waals surface area contributed by atoms with Gasteiger partial charge in [0.05, 0.1) is 5.56 Å². The molecule has 9 heteroatoms. The van der Waals surface area contributed by atoms with E-state index in [1.54, 1.807) is 24.3 Å². The molecule has 0 fully saturated rings. The number of benzene rings is 2. The van der Waals surface area contributed by atoms with Crippen molar-refractivity contribution in [3.63, 3.8) is 0 Å². The molecule has 0 aliphatic heterocycles. The molecule has 134 valence electrons. The van der Waals surface area contributed by atoms with Crippen molar-refractivity contribution in [1.29, 1.82) is 0 Å². The zero-order valence-corrected chi connectivity index (χ0v) is 13.8. The first kappa shape index (κ1) is 17.9. The van der Waals surface area contributed by atoms with Crippen LogP contribution in [0.15, 0.2) is 53.1 Å². The highest BCUT2D eigenvalue weighted by Crippen LogP contribution is 2.30. The molecule has 0 spiro atoms. The number of hydrogen-bond acceptors (Lipinski definition) is 4. The summed E-state index contributed by atoms with van der Waals surface area (Å²) in [6, 6.07) is 11.2. The summed E-state index contributed by atoms with van der Waals surface area (Å²) in [5.74, 6) is -0.899. The minimum absolute atomic E-state index is 0.0154. The Morgan fingerprint density at radius 1 is 1.12 bits per heavy atom. The lowest BCUT2D eigenvalue weighted by molar-refractivity contribution is -0.137. The van der Waals surface area contributed by atoms with Crippen LogP contribution in [-0.4, -0.2) is 16.0 Å². The molecular formula is C17H11ClF3N3O2. The summed E-state index contributed by atoms with van der Waals surface area (Å²) < 4.78 is 42.6. The van der Waals surface area contributed by atoms with E-state index in [2.05, 4.69) is 15.5 Å². The van der Waals surface area contributed by atoms with Crippen LogP contribution in [0.5, 0.6) is 0 Å². The predicted molar refractivity (Wildman–Crippen MR) is 87.4 cm³/mol. The molecule has 1 aromatic heterocycles. The number of amides is 1. The van der Waals surface area contributed by atoms with Crippen LogP contribution in [-0.2, 0) is 12.7 Å². The number of aromatic nitrogens is 2. The van der Waals surface area contributed by atoms with E-state index in [0.717, 1.165) is 12.1 Å². The molecule has 0 saturated heterocycles. The van der Waals surface area contributed by atoms with Crippen molar-refractivity contribution in [2.45, 2.75) is 12.7 Å². The molecule has 0 saturated carbocycles. The number of halogens is 4. The van der Waals surface area contributed by atoms with Gasteiger partial charge in [0.2, 0.25) is 5.82 Å². The second-order valence-corrected chi connectivity index (χ2v) is 5.68. The van der Waals surface area contributed by atoms with Crippen molar-refractivity contribution in [3.05, 3.63) is 70.6 Å². The molecule has 5 nitrogen and oxygen atoms in total. The second-order valence-electron chi connectivity index (χ2n) is 5.27. The topological polar surface area (TPSA) is 68.0 Å². The standard InChI is InChI=1S/C17H11ClF3N3O2/c18-13-4-2-1-3-11(13)9-22-15(25)16-23-14(24-26-16)10-5-7-12(8-6-10)17(19,20)21/h1-8H,9H2,(H,22,25). The Morgan fingerprint density at radius 2 is 1.81 bits per heavy atom. The van der Waals surface area contributed by atoms with Crippen molar-refractivity contribution in [1.82, 2.24) is 15.5 Å². The lowest BCUT2D eigenvalue weighted by Crippen LogP contribution is -2.23. The third-order valence-electron chi connectivity index (χ3n) is 3.49. The predicted octanol–water partition coefficient (Wildman–Crippen LogP) is 4.34. The highest BCUT2D eigenvalue weighted by Gasteiger charge is 2.30. The number of alkyl halides is 3. The molecule has 2 aromatic carbocycles. The molecule has 26 heavy (non-hydrogen) atoms. The van der Waals surface area contributed by atoms with E-state index in [-0.39, 0.29) is 18.3 Å². The van der Waals surface area contributed by atoms with Crippen molar-refractivity contribution in [3.8, 4) is 11.4 Å². The zero-order valence-electron chi connectivity index (χ0n) is 13.0. The molecule has 1 N–H and O–H groups in total. The maximum Gasteiger partial charge on any atom is 0.416 e. The SMILES string of the molecule is O=C(NCc1ccccc1Cl)c1nc(-c2ccc(C(F)(F)F)cc2)no1. The summed E-state index contributed by atoms with van der Waals surface area (Å²) in [6.45, 7) is 0.163. The van der Waals surface area contributed by atoms with Crippen LogP contribution in [0.3, 0.4) is 0 Å². The number of nitrogens with one attached hydrogen (secondary N) is 1. The third-order valence-corrected chi connectivity index (χ3v) is 3.86. The maximum atomic E-state index is 12.6. The fraction of sp³-hybridized carbons (Fsp3) is 0.118. The van der Waals surface area contributed by atoms with Gasteiger partial charge < -0.3 is 9.84 Å². The minimum Gasteiger partial charge on any atom is -0.344 e. The smallest absolute Gasteiger partial charge is 0.344 e. The monoisotopic (exact) mass is 381 g/mol. The summed E-state index contributed by atoms with van der Waals surface area (Å²) in [6.07, 6.45) is -4.43. The Labute approximate surface area is 150 Å². The van der Waals surface area contributed by atoms with Gasteiger partial charge in [0.25, 0.3) is 0 Å². The van der Waals surface area contributed by atoms with Crippen LogP contribution >= 0.6 is 11.6 Å². The normalized spacial score (nSPS) is 11.4. The number of nitrogens with zero attached hydrogens (tertiary/aromatic N) is 2. The van der Waals surface area contributed by atoms with E-state index in [4.69, 9.17) is 16.1 Å². The van der Waals surface area contributed by atoms with Crippen LogP contribution in [0, 0.1) is 0 Å². The molecule has 0 aliphatic carbocycles. The van der Waals surface area contributed by atoms with Crippen molar-refractivity contribution in [2.24, 2.45) is 0 Å². The van der Waals surface area contributed by atoms with Crippen LogP contribution in [0.1, 0.15) is 21.8 Å². The van der Waals surface area contributed by atoms with Crippen LogP contribution in [0.4, 0.5) is 13.2 Å². The van der Waals surface area contributed by atoms with E-state index in [0.29, 0.717) is 16.1 Å². The Morgan fingerprint density at radius 3 is 2.46 bits per heavy atom. The third kappa shape index (κ3) is 4.02. The van der Waals surface area contributed by atoms with Gasteiger partial charge in [0.15, 0.2) is 0 Å². The molecule has 0 bridgehead atoms. The maximum absolute atomic E-state index is 12.6. The summed E-state index contributed by atoms with van der Waals surface area (Å²) in [4.78, 5) is 16.0. The lowest BCUT2D eigenvalue weighted by Gasteiger charge is -2.05. The summed E-state index contributed by atoms with van der Waals surface area (Å²) in [7, 11) is 0. The number of carbonyl (C=O) groups is 1. The van der Waals surface area contributed by atoms with Gasteiger partial charge in [-0.2, -0.15) is 18.2 Å². The van der Waals surface area contributed by atoms with Gasteiger partial charge in [-0.05, 0) is 23.8 Å². The summed E-state index contributed by atoms with van der Waals surface area (Å²) in [5.41, 5.74) is 0.222. The highest BCUT2D eigenvalue weighted by molar-refractivity contribution is 6.31. The largest absolute Gasteiger partial charge is 0.416 e. The zero-order chi connectivity index (χ0) is 18.7. The second kappa shape index (κ2) is 7.17. The van der Waals surface area contributed by atoms with Gasteiger partial charge in [-0.1, -0.05) is 47.1 Å². The average molecular weight is 382 g/mol. The van der Waals surface area contributed by atoms with Crippen molar-refractivity contribution in [2.75, 3.05) is 0 Å². The Hall–Kier alpha value is -2.87. The number of carbonyl (C=O) groups excluding carboxylic acids is 1. The van der Waals surface area contributed by atoms with Crippen molar-refractivity contribution < 1.29 is 22.5 Å². The van der Waals surface area contributed by atoms with Crippen LogP contribution < -0.4 is 5.32 Å². The Bertz CT molecular complexity index is 924. The van der Waals surface area contributed by atoms with Gasteiger partial charge in [0.1, 0.15) is 0 Å². The fourth-order valence-corrected chi connectivity index (χ4v) is 2.34. The van der Waals surface area contributed by atoms with Gasteiger partial charge in [-0.25, -0.2) is 0 Å². The van der Waals surface area contributed by atoms with E-state index < -0.39 is 17.6 Å². The average Bonchev–Trinajstić information content (AvgIpc) is 3.10. The Balaban J connectivity index is 1.69. The quantitative estimate of drug-likeness (QED) is 0.730. The van der Waals surface area contributed by atoms with E-state index in [1.807, 2.05) is 0 Å². The molecule has 0 aliphatic rings. The minimum atomic E-state index is -4.43. The lowest BCUT2D eigenvalue weighted by atomic mass is 10.1. The first-order valence-electron chi connectivity index (χ1n) is 7.37. The van der Waals surface area contributed by atoms with Crippen LogP contribution in [0.25, 0.3) is 11.4 Å². The van der Waals surface area contributed by atoms with Crippen LogP contribution in [0.2, 0.25) is 5.02 Å². The molecule has 3 aromatic rings. The molecule has 0 radical (unpaired) electrons. The van der Waals surface area contributed by atoms with E-state index >= 15 is 0 Å².